The minimum absolute atomic E-state index is 0.0726. The number of anilines is 2. The van der Waals surface area contributed by atoms with Gasteiger partial charge in [-0.25, -0.2) is 8.42 Å². The maximum atomic E-state index is 13.2. The Balaban J connectivity index is 1.34. The Morgan fingerprint density at radius 3 is 2.03 bits per heavy atom. The van der Waals surface area contributed by atoms with E-state index in [4.69, 9.17) is 27.9 Å². The smallest absolute Gasteiger partial charge is 0.261 e. The second kappa shape index (κ2) is 10.8. The van der Waals surface area contributed by atoms with Crippen LogP contribution in [-0.4, -0.2) is 14.3 Å². The fourth-order valence-electron chi connectivity index (χ4n) is 3.78. The number of rotatable bonds is 7. The standard InChI is InChI=1S/C29H20Cl2N2O4S/c30-21-6-11-24(12-7-21)37-25-13-9-23(10-14-25)32-29(34)27-18-22(31)8-16-28(27)33-38(35,36)26-15-5-19-3-1-2-4-20(19)17-26/h1-18,33H,(H,32,34). The first-order valence-corrected chi connectivity index (χ1v) is 13.7. The number of fused-ring (bicyclic) bond motifs is 1. The van der Waals surface area contributed by atoms with Gasteiger partial charge in [0.15, 0.2) is 0 Å². The molecule has 9 heteroatoms. The predicted molar refractivity (Wildman–Crippen MR) is 152 cm³/mol. The number of carbonyl (C=O) groups is 1. The first kappa shape index (κ1) is 25.6. The molecule has 0 aromatic heterocycles. The third kappa shape index (κ3) is 5.92. The Morgan fingerprint density at radius 1 is 0.684 bits per heavy atom. The summed E-state index contributed by atoms with van der Waals surface area (Å²) in [4.78, 5) is 13.2. The van der Waals surface area contributed by atoms with E-state index in [-0.39, 0.29) is 21.2 Å². The van der Waals surface area contributed by atoms with Gasteiger partial charge in [-0.05, 0) is 89.6 Å². The fourth-order valence-corrected chi connectivity index (χ4v) is 5.19. The van der Waals surface area contributed by atoms with Crippen molar-refractivity contribution in [3.05, 3.63) is 125 Å². The minimum Gasteiger partial charge on any atom is -0.457 e. The van der Waals surface area contributed by atoms with Crippen LogP contribution in [0.3, 0.4) is 0 Å². The van der Waals surface area contributed by atoms with Gasteiger partial charge in [0, 0.05) is 15.7 Å². The number of ether oxygens (including phenoxy) is 1. The van der Waals surface area contributed by atoms with Gasteiger partial charge in [-0.1, -0.05) is 53.5 Å². The summed E-state index contributed by atoms with van der Waals surface area (Å²) >= 11 is 12.0. The van der Waals surface area contributed by atoms with Crippen LogP contribution in [0.1, 0.15) is 10.4 Å². The van der Waals surface area contributed by atoms with Crippen molar-refractivity contribution in [1.82, 2.24) is 0 Å². The second-order valence-corrected chi connectivity index (χ2v) is 10.9. The third-order valence-corrected chi connectivity index (χ3v) is 7.51. The molecule has 0 saturated carbocycles. The first-order valence-electron chi connectivity index (χ1n) is 11.4. The van der Waals surface area contributed by atoms with Crippen LogP contribution in [-0.2, 0) is 10.0 Å². The number of amides is 1. The van der Waals surface area contributed by atoms with E-state index >= 15 is 0 Å². The van der Waals surface area contributed by atoms with Gasteiger partial charge in [0.25, 0.3) is 15.9 Å². The van der Waals surface area contributed by atoms with Crippen molar-refractivity contribution in [3.8, 4) is 11.5 Å². The van der Waals surface area contributed by atoms with E-state index in [2.05, 4.69) is 10.0 Å². The molecule has 5 rings (SSSR count). The Bertz CT molecular complexity index is 1740. The summed E-state index contributed by atoms with van der Waals surface area (Å²) in [5.41, 5.74) is 0.660. The van der Waals surface area contributed by atoms with Crippen LogP contribution < -0.4 is 14.8 Å². The summed E-state index contributed by atoms with van der Waals surface area (Å²) in [5, 5.41) is 5.37. The number of hydrogen-bond donors (Lipinski definition) is 2. The van der Waals surface area contributed by atoms with Crippen LogP contribution in [0.25, 0.3) is 10.8 Å². The van der Waals surface area contributed by atoms with Crippen molar-refractivity contribution >= 4 is 61.3 Å². The molecule has 190 valence electrons. The van der Waals surface area contributed by atoms with E-state index in [9.17, 15) is 13.2 Å². The average Bonchev–Trinajstić information content (AvgIpc) is 2.91. The van der Waals surface area contributed by atoms with Gasteiger partial charge in [0.1, 0.15) is 11.5 Å². The monoisotopic (exact) mass is 562 g/mol. The number of sulfonamides is 1. The van der Waals surface area contributed by atoms with E-state index in [0.717, 1.165) is 10.8 Å². The first-order chi connectivity index (χ1) is 18.3. The molecular formula is C29H20Cl2N2O4S. The van der Waals surface area contributed by atoms with E-state index in [0.29, 0.717) is 22.2 Å². The molecular weight excluding hydrogens is 543 g/mol. The molecule has 38 heavy (non-hydrogen) atoms. The molecule has 0 spiro atoms. The average molecular weight is 563 g/mol. The van der Waals surface area contributed by atoms with Crippen molar-refractivity contribution in [2.24, 2.45) is 0 Å². The summed E-state index contributed by atoms with van der Waals surface area (Å²) in [6, 6.07) is 30.4. The lowest BCUT2D eigenvalue weighted by Gasteiger charge is -2.14. The Labute approximate surface area is 229 Å². The van der Waals surface area contributed by atoms with Crippen LogP contribution in [0.2, 0.25) is 10.0 Å². The summed E-state index contributed by atoms with van der Waals surface area (Å²) in [6.45, 7) is 0. The molecule has 0 atom stereocenters. The van der Waals surface area contributed by atoms with Gasteiger partial charge in [0.05, 0.1) is 16.1 Å². The van der Waals surface area contributed by atoms with Gasteiger partial charge in [-0.15, -0.1) is 0 Å². The fraction of sp³-hybridized carbons (Fsp3) is 0. The topological polar surface area (TPSA) is 84.5 Å². The number of nitrogens with one attached hydrogen (secondary N) is 2. The number of halogens is 2. The molecule has 5 aromatic carbocycles. The summed E-state index contributed by atoms with van der Waals surface area (Å²) in [6.07, 6.45) is 0. The van der Waals surface area contributed by atoms with Crippen molar-refractivity contribution in [2.75, 3.05) is 10.0 Å². The molecule has 5 aromatic rings. The second-order valence-electron chi connectivity index (χ2n) is 8.34. The highest BCUT2D eigenvalue weighted by molar-refractivity contribution is 7.92. The highest BCUT2D eigenvalue weighted by Gasteiger charge is 2.20. The third-order valence-electron chi connectivity index (χ3n) is 5.66. The van der Waals surface area contributed by atoms with Crippen molar-refractivity contribution in [1.29, 1.82) is 0 Å². The number of carbonyl (C=O) groups excluding carboxylic acids is 1. The highest BCUT2D eigenvalue weighted by atomic mass is 35.5. The molecule has 0 aliphatic carbocycles. The molecule has 0 unspecified atom stereocenters. The number of hydrogen-bond acceptors (Lipinski definition) is 4. The normalized spacial score (nSPS) is 11.2. The predicted octanol–water partition coefficient (Wildman–Crippen LogP) is 7.99. The molecule has 0 heterocycles. The molecule has 6 nitrogen and oxygen atoms in total. The van der Waals surface area contributed by atoms with Gasteiger partial charge in [-0.2, -0.15) is 0 Å². The maximum Gasteiger partial charge on any atom is 0.261 e. The van der Waals surface area contributed by atoms with E-state index in [1.54, 1.807) is 60.7 Å². The minimum atomic E-state index is -3.98. The molecule has 0 fully saturated rings. The van der Waals surface area contributed by atoms with E-state index in [1.807, 2.05) is 24.3 Å². The van der Waals surface area contributed by atoms with Gasteiger partial charge in [0.2, 0.25) is 0 Å². The van der Waals surface area contributed by atoms with Gasteiger partial charge < -0.3 is 10.1 Å². The molecule has 0 saturated heterocycles. The van der Waals surface area contributed by atoms with Crippen molar-refractivity contribution in [3.63, 3.8) is 0 Å². The van der Waals surface area contributed by atoms with E-state index in [1.165, 1.54) is 24.3 Å². The van der Waals surface area contributed by atoms with Crippen molar-refractivity contribution in [2.45, 2.75) is 4.90 Å². The molecule has 0 aliphatic heterocycles. The van der Waals surface area contributed by atoms with E-state index < -0.39 is 15.9 Å². The Hall–Kier alpha value is -4.04. The lowest BCUT2D eigenvalue weighted by atomic mass is 10.1. The van der Waals surface area contributed by atoms with Crippen LogP contribution in [0.5, 0.6) is 11.5 Å². The highest BCUT2D eigenvalue weighted by Crippen LogP contribution is 2.28. The van der Waals surface area contributed by atoms with Crippen molar-refractivity contribution < 1.29 is 17.9 Å². The van der Waals surface area contributed by atoms with Crippen LogP contribution in [0.4, 0.5) is 11.4 Å². The summed E-state index contributed by atoms with van der Waals surface area (Å²) < 4.78 is 34.6. The van der Waals surface area contributed by atoms with Crippen LogP contribution >= 0.6 is 23.2 Å². The lowest BCUT2D eigenvalue weighted by molar-refractivity contribution is 0.102. The summed E-state index contributed by atoms with van der Waals surface area (Å²) in [7, 11) is -3.98. The molecule has 0 radical (unpaired) electrons. The SMILES string of the molecule is O=C(Nc1ccc(Oc2ccc(Cl)cc2)cc1)c1cc(Cl)ccc1NS(=O)(=O)c1ccc2ccccc2c1. The molecule has 0 aliphatic rings. The van der Waals surface area contributed by atoms with Gasteiger partial charge in [-0.3, -0.25) is 9.52 Å². The van der Waals surface area contributed by atoms with Gasteiger partial charge >= 0.3 is 0 Å². The summed E-state index contributed by atoms with van der Waals surface area (Å²) in [5.74, 6) is 0.653. The lowest BCUT2D eigenvalue weighted by Crippen LogP contribution is -2.18. The number of benzene rings is 5. The molecule has 1 amide bonds. The Morgan fingerprint density at radius 2 is 1.32 bits per heavy atom. The Kier molecular flexibility index (Phi) is 7.24. The molecule has 0 bridgehead atoms. The quantitative estimate of drug-likeness (QED) is 0.210. The van der Waals surface area contributed by atoms with Crippen LogP contribution in [0, 0.1) is 0 Å². The molecule has 2 N–H and O–H groups in total. The zero-order valence-corrected chi connectivity index (χ0v) is 22.0. The maximum absolute atomic E-state index is 13.2. The largest absolute Gasteiger partial charge is 0.457 e. The zero-order valence-electron chi connectivity index (χ0n) is 19.7. The zero-order chi connectivity index (χ0) is 26.7. The van der Waals surface area contributed by atoms with Crippen LogP contribution in [0.15, 0.2) is 114 Å².